The van der Waals surface area contributed by atoms with Crippen molar-refractivity contribution < 1.29 is 14.3 Å². The summed E-state index contributed by atoms with van der Waals surface area (Å²) < 4.78 is 13.3. The molecule has 1 amide bonds. The van der Waals surface area contributed by atoms with Gasteiger partial charge in [0.15, 0.2) is 5.82 Å². The molecule has 0 bridgehead atoms. The topological polar surface area (TPSA) is 106 Å². The van der Waals surface area contributed by atoms with Crippen molar-refractivity contribution in [2.24, 2.45) is 0 Å². The van der Waals surface area contributed by atoms with E-state index in [2.05, 4.69) is 56.6 Å². The van der Waals surface area contributed by atoms with Crippen molar-refractivity contribution in [3.63, 3.8) is 0 Å². The number of nitrogens with zero attached hydrogens (tertiary/aromatic N) is 3. The lowest BCUT2D eigenvalue weighted by atomic mass is 10.0. The molecule has 5 aromatic rings. The molecule has 1 aliphatic rings. The number of aryl methyl sites for hydroxylation is 2. The van der Waals surface area contributed by atoms with E-state index < -0.39 is 6.04 Å². The van der Waals surface area contributed by atoms with Crippen LogP contribution < -0.4 is 20.1 Å². The van der Waals surface area contributed by atoms with Gasteiger partial charge >= 0.3 is 0 Å². The van der Waals surface area contributed by atoms with Crippen molar-refractivity contribution in [2.75, 3.05) is 20.8 Å². The average molecular weight is 579 g/mol. The van der Waals surface area contributed by atoms with Crippen LogP contribution in [-0.4, -0.2) is 52.5 Å². The molecule has 0 spiro atoms. The Morgan fingerprint density at radius 1 is 1.00 bits per heavy atom. The number of methoxy groups -OCH3 is 2. The molecule has 1 saturated heterocycles. The Hall–Kier alpha value is -4.63. The number of H-pyrrole nitrogens is 1. The standard InChI is InChI=1S/C34H38N6O3/c1-42-26-16-15-24(31(20-26)43-2)22-40-32(17-14-23-9-4-3-5-10-23)38-39-33(40)30(37-34(41)29-13-8-18-35-29)19-25-21-36-28-12-7-6-11-27(25)28/h3-7,9-12,15-16,20-21,29-30,35-36H,8,13-14,17-19,22H2,1-2H3,(H,37,41). The van der Waals surface area contributed by atoms with E-state index in [1.165, 1.54) is 5.56 Å². The van der Waals surface area contributed by atoms with E-state index in [1.807, 2.05) is 42.6 Å². The number of amides is 1. The zero-order valence-electron chi connectivity index (χ0n) is 24.7. The second-order valence-corrected chi connectivity index (χ2v) is 11.0. The van der Waals surface area contributed by atoms with Gasteiger partial charge in [0.05, 0.1) is 32.8 Å². The second-order valence-electron chi connectivity index (χ2n) is 11.0. The summed E-state index contributed by atoms with van der Waals surface area (Å²) in [6.45, 7) is 1.34. The van der Waals surface area contributed by atoms with E-state index in [9.17, 15) is 4.79 Å². The van der Waals surface area contributed by atoms with Crippen LogP contribution in [0.25, 0.3) is 10.9 Å². The first kappa shape index (κ1) is 28.5. The van der Waals surface area contributed by atoms with Gasteiger partial charge in [0.1, 0.15) is 17.3 Å². The average Bonchev–Trinajstić information content (AvgIpc) is 3.82. The third-order valence-electron chi connectivity index (χ3n) is 8.26. The number of rotatable bonds is 12. The molecule has 2 unspecified atom stereocenters. The van der Waals surface area contributed by atoms with Gasteiger partial charge in [-0.25, -0.2) is 0 Å². The number of aromatic amines is 1. The molecule has 0 aliphatic carbocycles. The van der Waals surface area contributed by atoms with Gasteiger partial charge in [0.2, 0.25) is 5.91 Å². The third-order valence-corrected chi connectivity index (χ3v) is 8.26. The SMILES string of the molecule is COc1ccc(Cn2c(CCc3ccccc3)nnc2C(Cc2c[nH]c3ccccc23)NC(=O)C2CCCN2)c(OC)c1. The minimum Gasteiger partial charge on any atom is -0.497 e. The Kier molecular flexibility index (Phi) is 8.70. The van der Waals surface area contributed by atoms with E-state index in [1.54, 1.807) is 14.2 Å². The predicted molar refractivity (Wildman–Crippen MR) is 166 cm³/mol. The van der Waals surface area contributed by atoms with Crippen molar-refractivity contribution in [2.45, 2.75) is 50.7 Å². The highest BCUT2D eigenvalue weighted by Gasteiger charge is 2.29. The lowest BCUT2D eigenvalue weighted by molar-refractivity contribution is -0.123. The van der Waals surface area contributed by atoms with Gasteiger partial charge in [0.25, 0.3) is 0 Å². The van der Waals surface area contributed by atoms with Crippen LogP contribution in [0.15, 0.2) is 79.0 Å². The largest absolute Gasteiger partial charge is 0.497 e. The summed E-state index contributed by atoms with van der Waals surface area (Å²) in [7, 11) is 3.31. The van der Waals surface area contributed by atoms with Crippen molar-refractivity contribution >= 4 is 16.8 Å². The predicted octanol–water partition coefficient (Wildman–Crippen LogP) is 4.76. The van der Waals surface area contributed by atoms with Crippen LogP contribution >= 0.6 is 0 Å². The minimum absolute atomic E-state index is 0.00949. The van der Waals surface area contributed by atoms with Crippen molar-refractivity contribution in [3.8, 4) is 11.5 Å². The third kappa shape index (κ3) is 6.41. The molecule has 222 valence electrons. The highest BCUT2D eigenvalue weighted by molar-refractivity contribution is 5.84. The molecule has 2 atom stereocenters. The summed E-state index contributed by atoms with van der Waals surface area (Å²) in [6.07, 6.45) is 5.93. The number of fused-ring (bicyclic) bond motifs is 1. The van der Waals surface area contributed by atoms with Crippen molar-refractivity contribution in [1.82, 2.24) is 30.4 Å². The molecule has 3 heterocycles. The molecule has 3 N–H and O–H groups in total. The first-order valence-electron chi connectivity index (χ1n) is 14.9. The minimum atomic E-state index is -0.392. The fraction of sp³-hybridized carbons (Fsp3) is 0.324. The van der Waals surface area contributed by atoms with Gasteiger partial charge in [0, 0.05) is 41.6 Å². The molecule has 1 aliphatic heterocycles. The number of carbonyl (C=O) groups is 1. The van der Waals surface area contributed by atoms with Crippen molar-refractivity contribution in [1.29, 1.82) is 0 Å². The van der Waals surface area contributed by atoms with Crippen LogP contribution in [0.2, 0.25) is 0 Å². The molecular formula is C34H38N6O3. The fourth-order valence-corrected chi connectivity index (χ4v) is 5.93. The van der Waals surface area contributed by atoms with Gasteiger partial charge in [-0.05, 0) is 55.1 Å². The number of nitrogens with one attached hydrogen (secondary N) is 3. The Morgan fingerprint density at radius 2 is 1.84 bits per heavy atom. The highest BCUT2D eigenvalue weighted by atomic mass is 16.5. The van der Waals surface area contributed by atoms with Gasteiger partial charge < -0.3 is 29.7 Å². The molecule has 0 saturated carbocycles. The van der Waals surface area contributed by atoms with E-state index in [4.69, 9.17) is 19.7 Å². The molecular weight excluding hydrogens is 540 g/mol. The number of hydrogen-bond acceptors (Lipinski definition) is 6. The Bertz CT molecular complexity index is 1670. The quantitative estimate of drug-likeness (QED) is 0.197. The van der Waals surface area contributed by atoms with E-state index in [0.717, 1.165) is 71.0 Å². The number of para-hydroxylation sites is 1. The van der Waals surface area contributed by atoms with Crippen LogP contribution in [0.1, 0.15) is 47.2 Å². The maximum Gasteiger partial charge on any atom is 0.237 e. The molecule has 0 radical (unpaired) electrons. The van der Waals surface area contributed by atoms with Gasteiger partial charge in [-0.3, -0.25) is 4.79 Å². The molecule has 2 aromatic heterocycles. The second kappa shape index (κ2) is 13.1. The summed E-state index contributed by atoms with van der Waals surface area (Å²) >= 11 is 0. The summed E-state index contributed by atoms with van der Waals surface area (Å²) in [5.74, 6) is 3.01. The van der Waals surface area contributed by atoms with Gasteiger partial charge in [-0.15, -0.1) is 10.2 Å². The van der Waals surface area contributed by atoms with E-state index in [0.29, 0.717) is 19.4 Å². The van der Waals surface area contributed by atoms with Crippen molar-refractivity contribution in [3.05, 3.63) is 107 Å². The van der Waals surface area contributed by atoms with Gasteiger partial charge in [-0.2, -0.15) is 0 Å². The maximum atomic E-state index is 13.5. The number of ether oxygens (including phenoxy) is 2. The zero-order chi connectivity index (χ0) is 29.6. The number of aromatic nitrogens is 4. The monoisotopic (exact) mass is 578 g/mol. The van der Waals surface area contributed by atoms with Crippen LogP contribution in [0.3, 0.4) is 0 Å². The highest BCUT2D eigenvalue weighted by Crippen LogP contribution is 2.29. The van der Waals surface area contributed by atoms with Crippen LogP contribution in [0, 0.1) is 0 Å². The fourth-order valence-electron chi connectivity index (χ4n) is 5.93. The molecule has 3 aromatic carbocycles. The normalized spacial score (nSPS) is 15.4. The van der Waals surface area contributed by atoms with Gasteiger partial charge in [-0.1, -0.05) is 48.5 Å². The molecule has 43 heavy (non-hydrogen) atoms. The zero-order valence-corrected chi connectivity index (χ0v) is 24.7. The summed E-state index contributed by atoms with van der Waals surface area (Å²) in [5.41, 5.74) is 4.38. The summed E-state index contributed by atoms with van der Waals surface area (Å²) in [5, 5.41) is 17.3. The Balaban J connectivity index is 1.39. The van der Waals surface area contributed by atoms with Crippen LogP contribution in [-0.2, 0) is 30.6 Å². The van der Waals surface area contributed by atoms with E-state index in [-0.39, 0.29) is 11.9 Å². The smallest absolute Gasteiger partial charge is 0.237 e. The number of carbonyl (C=O) groups excluding carboxylic acids is 1. The summed E-state index contributed by atoms with van der Waals surface area (Å²) in [4.78, 5) is 16.9. The number of hydrogen-bond donors (Lipinski definition) is 3. The first-order chi connectivity index (χ1) is 21.1. The van der Waals surface area contributed by atoms with Crippen LogP contribution in [0.5, 0.6) is 11.5 Å². The lowest BCUT2D eigenvalue weighted by Crippen LogP contribution is -2.43. The Labute approximate surface area is 251 Å². The maximum absolute atomic E-state index is 13.5. The lowest BCUT2D eigenvalue weighted by Gasteiger charge is -2.22. The Morgan fingerprint density at radius 3 is 2.63 bits per heavy atom. The first-order valence-corrected chi connectivity index (χ1v) is 14.9. The summed E-state index contributed by atoms with van der Waals surface area (Å²) in [6, 6.07) is 23.9. The molecule has 1 fully saturated rings. The molecule has 9 heteroatoms. The van der Waals surface area contributed by atoms with Crippen LogP contribution in [0.4, 0.5) is 0 Å². The molecule has 9 nitrogen and oxygen atoms in total. The molecule has 6 rings (SSSR count). The number of benzene rings is 3. The van der Waals surface area contributed by atoms with E-state index >= 15 is 0 Å².